The summed E-state index contributed by atoms with van der Waals surface area (Å²) in [7, 11) is -3.68. The first-order valence-corrected chi connectivity index (χ1v) is 6.60. The number of aromatic amines is 2. The van der Waals surface area contributed by atoms with Crippen molar-refractivity contribution in [2.45, 2.75) is 5.03 Å². The minimum atomic E-state index is -3.68. The number of nitrogens with zero attached hydrogens (tertiary/aromatic N) is 2. The molecular weight excluding hydrogens is 254 g/mol. The third kappa shape index (κ3) is 1.72. The number of rotatable bonds is 3. The van der Waals surface area contributed by atoms with Crippen molar-refractivity contribution >= 4 is 26.7 Å². The van der Waals surface area contributed by atoms with Crippen molar-refractivity contribution in [3.8, 4) is 0 Å². The van der Waals surface area contributed by atoms with Crippen LogP contribution in [-0.2, 0) is 10.0 Å². The van der Waals surface area contributed by atoms with E-state index in [4.69, 9.17) is 0 Å². The Bertz CT molecular complexity index is 776. The molecule has 0 aliphatic heterocycles. The lowest BCUT2D eigenvalue weighted by atomic mass is 10.2. The van der Waals surface area contributed by atoms with E-state index in [-0.39, 0.29) is 10.8 Å². The Morgan fingerprint density at radius 1 is 1.11 bits per heavy atom. The van der Waals surface area contributed by atoms with E-state index in [1.54, 1.807) is 6.07 Å². The number of anilines is 1. The van der Waals surface area contributed by atoms with E-state index >= 15 is 0 Å². The fourth-order valence-corrected chi connectivity index (χ4v) is 2.55. The third-order valence-electron chi connectivity index (χ3n) is 2.47. The molecule has 92 valence electrons. The average Bonchev–Trinajstić information content (AvgIpc) is 2.99. The van der Waals surface area contributed by atoms with Crippen LogP contribution in [0.5, 0.6) is 0 Å². The van der Waals surface area contributed by atoms with Gasteiger partial charge in [-0.3, -0.25) is 14.9 Å². The molecule has 0 fully saturated rings. The standard InChI is InChI=1S/C10H9N5O2S/c16-18(17,9-5-6-11-13-9)15-10-7-3-1-2-4-8(7)12-14-10/h1-6H,(H,11,13)(H2,12,14,15). The number of hydrogen-bond acceptors (Lipinski definition) is 4. The predicted molar refractivity (Wildman–Crippen MR) is 65.5 cm³/mol. The smallest absolute Gasteiger partial charge is 0.276 e. The Hall–Kier alpha value is -2.35. The minimum Gasteiger partial charge on any atom is -0.276 e. The highest BCUT2D eigenvalue weighted by Gasteiger charge is 2.18. The van der Waals surface area contributed by atoms with Gasteiger partial charge in [0.25, 0.3) is 10.0 Å². The fraction of sp³-hybridized carbons (Fsp3) is 0. The lowest BCUT2D eigenvalue weighted by Crippen LogP contribution is -2.13. The number of fused-ring (bicyclic) bond motifs is 1. The van der Waals surface area contributed by atoms with Crippen LogP contribution in [0.4, 0.5) is 5.82 Å². The van der Waals surface area contributed by atoms with Gasteiger partial charge in [0.1, 0.15) is 0 Å². The van der Waals surface area contributed by atoms with Crippen LogP contribution in [-0.4, -0.2) is 28.8 Å². The van der Waals surface area contributed by atoms with Crippen molar-refractivity contribution in [1.29, 1.82) is 0 Å². The lowest BCUT2D eigenvalue weighted by Gasteiger charge is -2.02. The second kappa shape index (κ2) is 3.84. The summed E-state index contributed by atoms with van der Waals surface area (Å²) in [6, 6.07) is 8.62. The molecular formula is C10H9N5O2S. The van der Waals surface area contributed by atoms with Crippen LogP contribution in [0.1, 0.15) is 0 Å². The molecule has 8 heteroatoms. The first-order valence-electron chi connectivity index (χ1n) is 5.12. The van der Waals surface area contributed by atoms with Gasteiger partial charge in [-0.15, -0.1) is 0 Å². The molecule has 0 saturated carbocycles. The van der Waals surface area contributed by atoms with Crippen LogP contribution in [0.15, 0.2) is 41.6 Å². The summed E-state index contributed by atoms with van der Waals surface area (Å²) in [6.07, 6.45) is 1.37. The maximum atomic E-state index is 12.0. The van der Waals surface area contributed by atoms with Crippen LogP contribution >= 0.6 is 0 Å². The number of hydrogen-bond donors (Lipinski definition) is 3. The molecule has 7 nitrogen and oxygen atoms in total. The lowest BCUT2D eigenvalue weighted by molar-refractivity contribution is 0.597. The van der Waals surface area contributed by atoms with E-state index in [1.165, 1.54) is 12.3 Å². The van der Waals surface area contributed by atoms with Gasteiger partial charge < -0.3 is 0 Å². The molecule has 3 aromatic rings. The van der Waals surface area contributed by atoms with Gasteiger partial charge in [-0.25, -0.2) is 0 Å². The molecule has 2 aromatic heterocycles. The van der Waals surface area contributed by atoms with Crippen molar-refractivity contribution in [2.75, 3.05) is 4.72 Å². The zero-order valence-corrected chi connectivity index (χ0v) is 9.90. The second-order valence-electron chi connectivity index (χ2n) is 3.64. The van der Waals surface area contributed by atoms with Crippen LogP contribution in [0.2, 0.25) is 0 Å². The molecule has 0 saturated heterocycles. The van der Waals surface area contributed by atoms with Crippen molar-refractivity contribution in [3.63, 3.8) is 0 Å². The van der Waals surface area contributed by atoms with Gasteiger partial charge >= 0.3 is 0 Å². The molecule has 18 heavy (non-hydrogen) atoms. The van der Waals surface area contributed by atoms with Crippen molar-refractivity contribution < 1.29 is 8.42 Å². The Kier molecular flexibility index (Phi) is 2.30. The van der Waals surface area contributed by atoms with Crippen LogP contribution in [0.3, 0.4) is 0 Å². The molecule has 1 aromatic carbocycles. The molecule has 2 heterocycles. The van der Waals surface area contributed by atoms with E-state index in [0.717, 1.165) is 5.52 Å². The normalized spacial score (nSPS) is 11.8. The second-order valence-corrected chi connectivity index (χ2v) is 5.30. The quantitative estimate of drug-likeness (QED) is 0.658. The molecule has 0 spiro atoms. The highest BCUT2D eigenvalue weighted by atomic mass is 32.2. The summed E-state index contributed by atoms with van der Waals surface area (Å²) in [5.41, 5.74) is 0.764. The SMILES string of the molecule is O=S(=O)(Nc1n[nH]c2ccccc12)c1ccn[nH]1. The highest BCUT2D eigenvalue weighted by Crippen LogP contribution is 2.21. The zero-order chi connectivity index (χ0) is 12.6. The summed E-state index contributed by atoms with van der Waals surface area (Å²) in [5, 5.41) is 13.4. The van der Waals surface area contributed by atoms with Crippen LogP contribution in [0, 0.1) is 0 Å². The summed E-state index contributed by atoms with van der Waals surface area (Å²) in [6.45, 7) is 0. The summed E-state index contributed by atoms with van der Waals surface area (Å²) in [4.78, 5) is 0. The Balaban J connectivity index is 2.03. The number of aromatic nitrogens is 4. The van der Waals surface area contributed by atoms with E-state index in [0.29, 0.717) is 5.39 Å². The average molecular weight is 263 g/mol. The minimum absolute atomic E-state index is 0.00502. The molecule has 0 aliphatic carbocycles. The first kappa shape index (κ1) is 10.8. The van der Waals surface area contributed by atoms with Gasteiger partial charge in [-0.05, 0) is 18.2 Å². The number of benzene rings is 1. The van der Waals surface area contributed by atoms with Crippen LogP contribution in [0.25, 0.3) is 10.9 Å². The predicted octanol–water partition coefficient (Wildman–Crippen LogP) is 1.09. The maximum Gasteiger partial charge on any atom is 0.280 e. The summed E-state index contributed by atoms with van der Waals surface area (Å²) >= 11 is 0. The molecule has 0 amide bonds. The van der Waals surface area contributed by atoms with Gasteiger partial charge in [0.15, 0.2) is 10.8 Å². The van der Waals surface area contributed by atoms with Gasteiger partial charge in [-0.1, -0.05) is 12.1 Å². The monoisotopic (exact) mass is 263 g/mol. The molecule has 0 unspecified atom stereocenters. The van der Waals surface area contributed by atoms with Crippen LogP contribution < -0.4 is 4.72 Å². The van der Waals surface area contributed by atoms with Gasteiger partial charge in [0, 0.05) is 5.39 Å². The summed E-state index contributed by atoms with van der Waals surface area (Å²) in [5.74, 6) is 0.264. The van der Waals surface area contributed by atoms with E-state index in [9.17, 15) is 8.42 Å². The van der Waals surface area contributed by atoms with Crippen molar-refractivity contribution in [1.82, 2.24) is 20.4 Å². The largest absolute Gasteiger partial charge is 0.280 e. The van der Waals surface area contributed by atoms with Crippen molar-refractivity contribution in [2.24, 2.45) is 0 Å². The number of H-pyrrole nitrogens is 2. The van der Waals surface area contributed by atoms with E-state index in [2.05, 4.69) is 25.1 Å². The highest BCUT2D eigenvalue weighted by molar-refractivity contribution is 7.92. The van der Waals surface area contributed by atoms with Gasteiger partial charge in [-0.2, -0.15) is 18.6 Å². The maximum absolute atomic E-state index is 12.0. The molecule has 0 aliphatic rings. The Labute approximate surface area is 102 Å². The number of para-hydroxylation sites is 1. The van der Waals surface area contributed by atoms with E-state index < -0.39 is 10.0 Å². The molecule has 0 bridgehead atoms. The third-order valence-corrected chi connectivity index (χ3v) is 3.73. The Morgan fingerprint density at radius 3 is 2.72 bits per heavy atom. The fourth-order valence-electron chi connectivity index (χ4n) is 1.62. The molecule has 0 radical (unpaired) electrons. The number of sulfonamides is 1. The van der Waals surface area contributed by atoms with Gasteiger partial charge in [0.05, 0.1) is 11.7 Å². The molecule has 3 rings (SSSR count). The zero-order valence-electron chi connectivity index (χ0n) is 9.08. The first-order chi connectivity index (χ1) is 8.67. The molecule has 3 N–H and O–H groups in total. The number of nitrogens with one attached hydrogen (secondary N) is 3. The topological polar surface area (TPSA) is 104 Å². The molecule has 0 atom stereocenters. The Morgan fingerprint density at radius 2 is 1.94 bits per heavy atom. The van der Waals surface area contributed by atoms with Gasteiger partial charge in [0.2, 0.25) is 0 Å². The van der Waals surface area contributed by atoms with E-state index in [1.807, 2.05) is 18.2 Å². The summed E-state index contributed by atoms with van der Waals surface area (Å²) < 4.78 is 26.3. The van der Waals surface area contributed by atoms with Crippen molar-refractivity contribution in [3.05, 3.63) is 36.5 Å².